The number of piperidine rings is 1. The van der Waals surface area contributed by atoms with E-state index >= 15 is 0 Å². The van der Waals surface area contributed by atoms with Crippen molar-refractivity contribution in [3.05, 3.63) is 78.4 Å². The number of nitrogens with one attached hydrogen (secondary N) is 2. The molecule has 2 heterocycles. The molecule has 2 N–H and O–H groups in total. The molecule has 1 aliphatic heterocycles. The summed E-state index contributed by atoms with van der Waals surface area (Å²) in [5.74, 6) is 0.890. The number of halogens is 1. The third-order valence-electron chi connectivity index (χ3n) is 5.97. The van der Waals surface area contributed by atoms with Crippen molar-refractivity contribution >= 4 is 29.9 Å². The van der Waals surface area contributed by atoms with Gasteiger partial charge in [-0.3, -0.25) is 4.90 Å². The second-order valence-electron chi connectivity index (χ2n) is 8.37. The minimum Gasteiger partial charge on any atom is -0.357 e. The Labute approximate surface area is 213 Å². The average Bonchev–Trinajstić information content (AvgIpc) is 3.36. The Morgan fingerprint density at radius 2 is 1.88 bits per heavy atom. The van der Waals surface area contributed by atoms with E-state index in [2.05, 4.69) is 81.9 Å². The van der Waals surface area contributed by atoms with Gasteiger partial charge in [-0.2, -0.15) is 5.10 Å². The van der Waals surface area contributed by atoms with Gasteiger partial charge in [-0.25, -0.2) is 14.7 Å². The molecule has 2 aromatic carbocycles. The molecule has 0 radical (unpaired) electrons. The van der Waals surface area contributed by atoms with E-state index in [1.807, 2.05) is 12.1 Å². The van der Waals surface area contributed by atoms with E-state index in [4.69, 9.17) is 4.99 Å². The van der Waals surface area contributed by atoms with E-state index in [9.17, 15) is 0 Å². The van der Waals surface area contributed by atoms with Gasteiger partial charge >= 0.3 is 0 Å². The first-order chi connectivity index (χ1) is 15.7. The highest BCUT2D eigenvalue weighted by Crippen LogP contribution is 2.20. The number of hydrogen-bond acceptors (Lipinski definition) is 4. The summed E-state index contributed by atoms with van der Waals surface area (Å²) in [6.45, 7) is 8.03. The van der Waals surface area contributed by atoms with Crippen LogP contribution in [-0.2, 0) is 13.1 Å². The van der Waals surface area contributed by atoms with E-state index < -0.39 is 0 Å². The lowest BCUT2D eigenvalue weighted by Crippen LogP contribution is -2.51. The van der Waals surface area contributed by atoms with Crippen molar-refractivity contribution in [1.29, 1.82) is 0 Å². The summed E-state index contributed by atoms with van der Waals surface area (Å²) in [6.07, 6.45) is 5.48. The molecule has 1 aliphatic rings. The third kappa shape index (κ3) is 7.26. The topological polar surface area (TPSA) is 70.4 Å². The standard InChI is InChI=1S/C25H33N7.HI/c1-3-27-25(28-16-21-9-11-24(12-10-21)32-19-26-18-29-32)30-23-13-14-31(20(2)15-23)17-22-7-5-4-6-8-22;/h4-12,18-20,23H,3,13-17H2,1-2H3,(H2,27,28,30);1H. The Morgan fingerprint density at radius 1 is 1.09 bits per heavy atom. The number of nitrogens with zero attached hydrogens (tertiary/aromatic N) is 5. The smallest absolute Gasteiger partial charge is 0.191 e. The van der Waals surface area contributed by atoms with Crippen LogP contribution in [0.2, 0.25) is 0 Å². The van der Waals surface area contributed by atoms with Crippen LogP contribution in [0.5, 0.6) is 0 Å². The number of hydrogen-bond donors (Lipinski definition) is 2. The second-order valence-corrected chi connectivity index (χ2v) is 8.37. The normalized spacial score (nSPS) is 19.0. The fraction of sp³-hybridized carbons (Fsp3) is 0.400. The molecule has 2 unspecified atom stereocenters. The minimum atomic E-state index is 0. The summed E-state index contributed by atoms with van der Waals surface area (Å²) in [5, 5.41) is 11.2. The van der Waals surface area contributed by atoms with E-state index in [0.29, 0.717) is 18.6 Å². The molecule has 2 atom stereocenters. The maximum atomic E-state index is 4.83. The summed E-state index contributed by atoms with van der Waals surface area (Å²) in [7, 11) is 0. The van der Waals surface area contributed by atoms with Gasteiger partial charge in [0.15, 0.2) is 5.96 Å². The Morgan fingerprint density at radius 3 is 2.55 bits per heavy atom. The zero-order valence-corrected chi connectivity index (χ0v) is 21.7. The van der Waals surface area contributed by atoms with Gasteiger partial charge in [0, 0.05) is 31.7 Å². The molecule has 7 nitrogen and oxygen atoms in total. The lowest BCUT2D eigenvalue weighted by molar-refractivity contribution is 0.134. The fourth-order valence-corrected chi connectivity index (χ4v) is 4.18. The summed E-state index contributed by atoms with van der Waals surface area (Å²) >= 11 is 0. The third-order valence-corrected chi connectivity index (χ3v) is 5.97. The molecule has 4 rings (SSSR count). The molecule has 176 valence electrons. The predicted molar refractivity (Wildman–Crippen MR) is 144 cm³/mol. The van der Waals surface area contributed by atoms with Gasteiger partial charge in [0.1, 0.15) is 12.7 Å². The molecule has 1 fully saturated rings. The molecule has 1 aromatic heterocycles. The van der Waals surface area contributed by atoms with E-state index in [0.717, 1.165) is 49.7 Å². The predicted octanol–water partition coefficient (Wildman–Crippen LogP) is 3.99. The molecule has 0 saturated carbocycles. The lowest BCUT2D eigenvalue weighted by Gasteiger charge is -2.38. The van der Waals surface area contributed by atoms with Crippen LogP contribution in [0, 0.1) is 0 Å². The first-order valence-corrected chi connectivity index (χ1v) is 11.5. The van der Waals surface area contributed by atoms with E-state index in [1.165, 1.54) is 5.56 Å². The molecular formula is C25H34IN7. The Hall–Kier alpha value is -2.46. The number of rotatable bonds is 7. The summed E-state index contributed by atoms with van der Waals surface area (Å²) in [6, 6.07) is 20.0. The first-order valence-electron chi connectivity index (χ1n) is 11.5. The minimum absolute atomic E-state index is 0. The molecule has 0 spiro atoms. The number of guanidine groups is 1. The van der Waals surface area contributed by atoms with Crippen LogP contribution in [0.15, 0.2) is 72.2 Å². The van der Waals surface area contributed by atoms with E-state index in [-0.39, 0.29) is 24.0 Å². The Balaban J connectivity index is 0.00000306. The average molecular weight is 560 g/mol. The fourth-order valence-electron chi connectivity index (χ4n) is 4.18. The number of aliphatic imine (C=N–C) groups is 1. The van der Waals surface area contributed by atoms with E-state index in [1.54, 1.807) is 17.3 Å². The van der Waals surface area contributed by atoms with Crippen molar-refractivity contribution in [2.45, 2.75) is 51.9 Å². The number of benzene rings is 2. The number of aromatic nitrogens is 3. The van der Waals surface area contributed by atoms with Gasteiger partial charge in [-0.05, 0) is 49.9 Å². The van der Waals surface area contributed by atoms with Crippen LogP contribution in [0.4, 0.5) is 0 Å². The quantitative estimate of drug-likeness (QED) is 0.260. The monoisotopic (exact) mass is 559 g/mol. The zero-order valence-electron chi connectivity index (χ0n) is 19.4. The summed E-state index contributed by atoms with van der Waals surface area (Å²) in [5.41, 5.74) is 3.55. The van der Waals surface area contributed by atoms with Gasteiger partial charge in [-0.15, -0.1) is 24.0 Å². The van der Waals surface area contributed by atoms with Crippen LogP contribution in [-0.4, -0.2) is 50.8 Å². The van der Waals surface area contributed by atoms with Crippen LogP contribution >= 0.6 is 24.0 Å². The van der Waals surface area contributed by atoms with Crippen molar-refractivity contribution in [3.8, 4) is 5.69 Å². The molecule has 3 aromatic rings. The maximum absolute atomic E-state index is 4.83. The van der Waals surface area contributed by atoms with Gasteiger partial charge in [-0.1, -0.05) is 42.5 Å². The SMILES string of the molecule is CCNC(=NCc1ccc(-n2cncn2)cc1)NC1CCN(Cc2ccccc2)C(C)C1.I. The van der Waals surface area contributed by atoms with Crippen LogP contribution < -0.4 is 10.6 Å². The molecule has 0 amide bonds. The van der Waals surface area contributed by atoms with Crippen molar-refractivity contribution in [3.63, 3.8) is 0 Å². The zero-order chi connectivity index (χ0) is 22.2. The Bertz CT molecular complexity index is 974. The highest BCUT2D eigenvalue weighted by molar-refractivity contribution is 14.0. The molecular weight excluding hydrogens is 525 g/mol. The number of likely N-dealkylation sites (tertiary alicyclic amines) is 1. The largest absolute Gasteiger partial charge is 0.357 e. The van der Waals surface area contributed by atoms with Crippen molar-refractivity contribution < 1.29 is 0 Å². The first kappa shape index (κ1) is 25.2. The molecule has 1 saturated heterocycles. The molecule has 8 heteroatoms. The summed E-state index contributed by atoms with van der Waals surface area (Å²) in [4.78, 5) is 11.4. The van der Waals surface area contributed by atoms with Gasteiger partial charge < -0.3 is 10.6 Å². The van der Waals surface area contributed by atoms with Crippen molar-refractivity contribution in [2.75, 3.05) is 13.1 Å². The maximum Gasteiger partial charge on any atom is 0.191 e. The van der Waals surface area contributed by atoms with Crippen LogP contribution in [0.1, 0.15) is 37.8 Å². The molecule has 0 bridgehead atoms. The Kier molecular flexibility index (Phi) is 9.68. The highest BCUT2D eigenvalue weighted by Gasteiger charge is 2.25. The van der Waals surface area contributed by atoms with Crippen molar-refractivity contribution in [2.24, 2.45) is 4.99 Å². The second kappa shape index (κ2) is 12.7. The van der Waals surface area contributed by atoms with Gasteiger partial charge in [0.05, 0.1) is 12.2 Å². The molecule has 33 heavy (non-hydrogen) atoms. The summed E-state index contributed by atoms with van der Waals surface area (Å²) < 4.78 is 1.75. The van der Waals surface area contributed by atoms with Crippen LogP contribution in [0.3, 0.4) is 0 Å². The molecule has 0 aliphatic carbocycles. The van der Waals surface area contributed by atoms with Crippen molar-refractivity contribution in [1.82, 2.24) is 30.3 Å². The lowest BCUT2D eigenvalue weighted by atomic mass is 9.97. The van der Waals surface area contributed by atoms with Crippen LogP contribution in [0.25, 0.3) is 5.69 Å². The van der Waals surface area contributed by atoms with Gasteiger partial charge in [0.25, 0.3) is 0 Å². The highest BCUT2D eigenvalue weighted by atomic mass is 127. The van der Waals surface area contributed by atoms with Gasteiger partial charge in [0.2, 0.25) is 0 Å².